The molecule has 1 aromatic rings. The SMILES string of the molecule is CC/C=C/c1c(C)cc(B2OC(C)(C)C(C)(C)O2)cc1C.O=C=O. The zero-order chi connectivity index (χ0) is 18.5. The third kappa shape index (κ3) is 4.44. The van der Waals surface area contributed by atoms with Crippen LogP contribution in [0.2, 0.25) is 0 Å². The molecule has 0 amide bonds. The molecule has 1 heterocycles. The minimum atomic E-state index is -0.291. The van der Waals surface area contributed by atoms with Crippen molar-refractivity contribution in [2.24, 2.45) is 0 Å². The number of carbonyl (C=O) groups excluding carboxylic acids is 2. The Morgan fingerprint density at radius 3 is 1.83 bits per heavy atom. The molecule has 0 spiro atoms. The van der Waals surface area contributed by atoms with E-state index < -0.39 is 0 Å². The molecule has 4 nitrogen and oxygen atoms in total. The van der Waals surface area contributed by atoms with Crippen molar-refractivity contribution < 1.29 is 18.9 Å². The van der Waals surface area contributed by atoms with Gasteiger partial charge in [-0.2, -0.15) is 9.59 Å². The van der Waals surface area contributed by atoms with Gasteiger partial charge in [-0.05, 0) is 70.1 Å². The lowest BCUT2D eigenvalue weighted by atomic mass is 9.76. The zero-order valence-electron chi connectivity index (χ0n) is 15.7. The van der Waals surface area contributed by atoms with E-state index in [1.165, 1.54) is 16.7 Å². The minimum absolute atomic E-state index is 0.250. The maximum atomic E-state index is 8.12. The molecular formula is C19H27BO4. The highest BCUT2D eigenvalue weighted by Crippen LogP contribution is 2.36. The van der Waals surface area contributed by atoms with Crippen LogP contribution in [0.15, 0.2) is 18.2 Å². The fourth-order valence-electron chi connectivity index (χ4n) is 2.62. The van der Waals surface area contributed by atoms with E-state index in [2.05, 4.69) is 72.8 Å². The summed E-state index contributed by atoms with van der Waals surface area (Å²) in [6.45, 7) is 14.8. The molecule has 0 atom stereocenters. The molecule has 0 radical (unpaired) electrons. The van der Waals surface area contributed by atoms with E-state index >= 15 is 0 Å². The van der Waals surface area contributed by atoms with Crippen molar-refractivity contribution in [3.8, 4) is 0 Å². The molecule has 1 saturated heterocycles. The van der Waals surface area contributed by atoms with Crippen molar-refractivity contribution in [1.29, 1.82) is 0 Å². The monoisotopic (exact) mass is 330 g/mol. The van der Waals surface area contributed by atoms with Gasteiger partial charge < -0.3 is 9.31 Å². The molecule has 0 N–H and O–H groups in total. The molecule has 0 aromatic heterocycles. The average molecular weight is 330 g/mol. The summed E-state index contributed by atoms with van der Waals surface area (Å²) in [6, 6.07) is 4.37. The van der Waals surface area contributed by atoms with Crippen LogP contribution in [0.3, 0.4) is 0 Å². The summed E-state index contributed by atoms with van der Waals surface area (Å²) in [5.41, 5.74) is 4.36. The Hall–Kier alpha value is -1.68. The van der Waals surface area contributed by atoms with Crippen molar-refractivity contribution in [2.75, 3.05) is 0 Å². The van der Waals surface area contributed by atoms with Crippen LogP contribution in [0.4, 0.5) is 0 Å². The maximum absolute atomic E-state index is 8.12. The third-order valence-electron chi connectivity index (χ3n) is 4.66. The smallest absolute Gasteiger partial charge is 0.399 e. The van der Waals surface area contributed by atoms with E-state index in [1.807, 2.05) is 0 Å². The van der Waals surface area contributed by atoms with Crippen LogP contribution in [-0.4, -0.2) is 24.5 Å². The van der Waals surface area contributed by atoms with Gasteiger partial charge in [-0.25, -0.2) is 0 Å². The highest BCUT2D eigenvalue weighted by Gasteiger charge is 2.51. The standard InChI is InChI=1S/C18H27BO2.CO2/c1-8-9-10-16-13(2)11-15(12-14(16)3)19-20-17(4,5)18(6,7)21-19;2-1-3/h9-12H,8H2,1-7H3;/b10-9+;. The first-order chi connectivity index (χ1) is 11.1. The summed E-state index contributed by atoms with van der Waals surface area (Å²) in [5.74, 6) is 0. The van der Waals surface area contributed by atoms with E-state index in [1.54, 1.807) is 0 Å². The van der Waals surface area contributed by atoms with Crippen LogP contribution in [0.1, 0.15) is 57.7 Å². The van der Waals surface area contributed by atoms with Gasteiger partial charge in [0.05, 0.1) is 11.2 Å². The first kappa shape index (κ1) is 20.4. The van der Waals surface area contributed by atoms with E-state index in [0.29, 0.717) is 0 Å². The summed E-state index contributed by atoms with van der Waals surface area (Å²) in [7, 11) is -0.281. The van der Waals surface area contributed by atoms with Gasteiger partial charge in [-0.1, -0.05) is 31.2 Å². The molecule has 0 aliphatic carbocycles. The van der Waals surface area contributed by atoms with Crippen molar-refractivity contribution >= 4 is 24.8 Å². The number of benzene rings is 1. The summed E-state index contributed by atoms with van der Waals surface area (Å²) < 4.78 is 12.3. The van der Waals surface area contributed by atoms with Crippen LogP contribution < -0.4 is 5.46 Å². The lowest BCUT2D eigenvalue weighted by molar-refractivity contribution is -0.191. The molecule has 130 valence electrons. The highest BCUT2D eigenvalue weighted by atomic mass is 16.7. The van der Waals surface area contributed by atoms with E-state index in [4.69, 9.17) is 18.9 Å². The second-order valence-corrected chi connectivity index (χ2v) is 7.05. The van der Waals surface area contributed by atoms with Gasteiger partial charge in [0.1, 0.15) is 0 Å². The molecule has 1 aliphatic heterocycles. The molecule has 1 fully saturated rings. The topological polar surface area (TPSA) is 52.6 Å². The highest BCUT2D eigenvalue weighted by molar-refractivity contribution is 6.62. The van der Waals surface area contributed by atoms with Crippen LogP contribution in [0.5, 0.6) is 0 Å². The molecule has 1 aromatic carbocycles. The lowest BCUT2D eigenvalue weighted by Gasteiger charge is -2.32. The Labute approximate surface area is 145 Å². The van der Waals surface area contributed by atoms with Crippen molar-refractivity contribution in [2.45, 2.75) is 66.1 Å². The number of aryl methyl sites for hydroxylation is 2. The van der Waals surface area contributed by atoms with E-state index in [0.717, 1.165) is 11.9 Å². The van der Waals surface area contributed by atoms with Crippen LogP contribution in [0, 0.1) is 13.8 Å². The van der Waals surface area contributed by atoms with Gasteiger partial charge in [0.2, 0.25) is 0 Å². The maximum Gasteiger partial charge on any atom is 0.494 e. The van der Waals surface area contributed by atoms with Crippen molar-refractivity contribution in [1.82, 2.24) is 0 Å². The van der Waals surface area contributed by atoms with Crippen LogP contribution in [0.25, 0.3) is 6.08 Å². The summed E-state index contributed by atoms with van der Waals surface area (Å²) in [6.07, 6.45) is 5.71. The van der Waals surface area contributed by atoms with Crippen molar-refractivity contribution in [3.63, 3.8) is 0 Å². The van der Waals surface area contributed by atoms with Gasteiger partial charge in [0, 0.05) is 0 Å². The Morgan fingerprint density at radius 2 is 1.46 bits per heavy atom. The first-order valence-electron chi connectivity index (χ1n) is 8.22. The molecule has 0 saturated carbocycles. The second-order valence-electron chi connectivity index (χ2n) is 7.05. The minimum Gasteiger partial charge on any atom is -0.399 e. The number of rotatable bonds is 3. The number of hydrogen-bond donors (Lipinski definition) is 0. The summed E-state index contributed by atoms with van der Waals surface area (Å²) >= 11 is 0. The van der Waals surface area contributed by atoms with Gasteiger partial charge in [0.25, 0.3) is 0 Å². The van der Waals surface area contributed by atoms with Crippen LogP contribution in [-0.2, 0) is 18.9 Å². The zero-order valence-corrected chi connectivity index (χ0v) is 15.7. The van der Waals surface area contributed by atoms with Gasteiger partial charge in [-0.15, -0.1) is 0 Å². The van der Waals surface area contributed by atoms with Gasteiger partial charge in [0.15, 0.2) is 0 Å². The Morgan fingerprint density at radius 1 is 1.04 bits per heavy atom. The Bertz CT molecular complexity index is 602. The van der Waals surface area contributed by atoms with Crippen LogP contribution >= 0.6 is 0 Å². The average Bonchev–Trinajstić information content (AvgIpc) is 2.67. The van der Waals surface area contributed by atoms with Crippen molar-refractivity contribution in [3.05, 3.63) is 34.9 Å². The molecule has 24 heavy (non-hydrogen) atoms. The molecule has 5 heteroatoms. The second kappa shape index (κ2) is 7.93. The fraction of sp³-hybridized carbons (Fsp3) is 0.526. The first-order valence-corrected chi connectivity index (χ1v) is 8.22. The molecule has 1 aliphatic rings. The van der Waals surface area contributed by atoms with Gasteiger partial charge in [-0.3, -0.25) is 0 Å². The summed E-state index contributed by atoms with van der Waals surface area (Å²) in [4.78, 5) is 16.2. The quantitative estimate of drug-likeness (QED) is 0.797. The largest absolute Gasteiger partial charge is 0.494 e. The molecule has 0 bridgehead atoms. The molecule has 2 rings (SSSR count). The lowest BCUT2D eigenvalue weighted by Crippen LogP contribution is -2.41. The molecule has 0 unspecified atom stereocenters. The molecular weight excluding hydrogens is 303 g/mol. The fourth-order valence-corrected chi connectivity index (χ4v) is 2.62. The normalized spacial score (nSPS) is 18.2. The number of hydrogen-bond acceptors (Lipinski definition) is 4. The summed E-state index contributed by atoms with van der Waals surface area (Å²) in [5, 5.41) is 0. The number of allylic oxidation sites excluding steroid dienone is 1. The predicted molar refractivity (Wildman–Crippen MR) is 96.0 cm³/mol. The van der Waals surface area contributed by atoms with Gasteiger partial charge >= 0.3 is 13.3 Å². The predicted octanol–water partition coefficient (Wildman–Crippen LogP) is 3.44. The van der Waals surface area contributed by atoms with E-state index in [-0.39, 0.29) is 24.5 Å². The third-order valence-corrected chi connectivity index (χ3v) is 4.66. The Balaban J connectivity index is 0.000000891. The van der Waals surface area contributed by atoms with E-state index in [9.17, 15) is 0 Å². The Kier molecular flexibility index (Phi) is 6.73.